The largest absolute Gasteiger partial charge is 0.360 e. The molecule has 1 saturated heterocycles. The molecule has 0 unspecified atom stereocenters. The van der Waals surface area contributed by atoms with Crippen LogP contribution in [0.5, 0.6) is 0 Å². The molecule has 0 spiro atoms. The van der Waals surface area contributed by atoms with Crippen molar-refractivity contribution in [2.75, 3.05) is 32.9 Å². The number of aromatic nitrogens is 3. The molecule has 2 atom stereocenters. The molecule has 0 radical (unpaired) electrons. The van der Waals surface area contributed by atoms with Crippen LogP contribution in [0.15, 0.2) is 53.7 Å². The standard InChI is InChI=1S/C32H38FN5O3S/c1-6-26(38-14-13-37(4)19-21(38)3)27(39)15-23-10-7-11-24-25(18-35-32(23)24)31-20(2)17-34-29(36-31)16-22-9-8-12-28(30(22)33)42(5,40)41/h7-12,17-18,21,26,35H,6,13-16,19H2,1-5H3/t21-,26-/m1/s1. The van der Waals surface area contributed by atoms with E-state index in [0.717, 1.165) is 59.9 Å². The molecule has 4 aromatic rings. The molecule has 0 amide bonds. The number of fused-ring (bicyclic) bond motifs is 1. The van der Waals surface area contributed by atoms with Crippen molar-refractivity contribution in [2.45, 2.75) is 57.0 Å². The van der Waals surface area contributed by atoms with Crippen molar-refractivity contribution in [1.82, 2.24) is 24.8 Å². The van der Waals surface area contributed by atoms with Gasteiger partial charge in [-0.05, 0) is 50.1 Å². The predicted molar refractivity (Wildman–Crippen MR) is 163 cm³/mol. The second-order valence-electron chi connectivity index (χ2n) is 11.5. The summed E-state index contributed by atoms with van der Waals surface area (Å²) in [5, 5.41) is 0.944. The first kappa shape index (κ1) is 30.0. The number of para-hydroxylation sites is 1. The maximum atomic E-state index is 15.0. The number of Topliss-reactive ketones (excluding diaryl/α,β-unsaturated/α-hetero) is 1. The van der Waals surface area contributed by atoms with Crippen LogP contribution >= 0.6 is 0 Å². The molecule has 8 nitrogen and oxygen atoms in total. The van der Waals surface area contributed by atoms with Crippen molar-refractivity contribution in [1.29, 1.82) is 0 Å². The highest BCUT2D eigenvalue weighted by Gasteiger charge is 2.31. The molecule has 1 N–H and O–H groups in total. The molecular formula is C32H38FN5O3S. The fourth-order valence-corrected chi connectivity index (χ4v) is 6.90. The van der Waals surface area contributed by atoms with Crippen molar-refractivity contribution < 1.29 is 17.6 Å². The highest BCUT2D eigenvalue weighted by molar-refractivity contribution is 7.90. The second kappa shape index (κ2) is 12.0. The van der Waals surface area contributed by atoms with E-state index < -0.39 is 15.7 Å². The fraction of sp³-hybridized carbons (Fsp3) is 0.406. The van der Waals surface area contributed by atoms with Gasteiger partial charge in [0.1, 0.15) is 16.5 Å². The summed E-state index contributed by atoms with van der Waals surface area (Å²) >= 11 is 0. The van der Waals surface area contributed by atoms with E-state index in [-0.39, 0.29) is 28.7 Å². The van der Waals surface area contributed by atoms with Gasteiger partial charge in [-0.1, -0.05) is 37.3 Å². The lowest BCUT2D eigenvalue weighted by Crippen LogP contribution is -2.56. The van der Waals surface area contributed by atoms with Gasteiger partial charge in [0.2, 0.25) is 0 Å². The molecule has 3 heterocycles. The number of nitrogens with one attached hydrogen (secondary N) is 1. The first-order valence-corrected chi connectivity index (χ1v) is 16.2. The van der Waals surface area contributed by atoms with Crippen molar-refractivity contribution in [3.8, 4) is 11.3 Å². The molecule has 5 rings (SSSR count). The summed E-state index contributed by atoms with van der Waals surface area (Å²) in [7, 11) is -1.58. The van der Waals surface area contributed by atoms with Gasteiger partial charge < -0.3 is 9.88 Å². The molecule has 10 heteroatoms. The van der Waals surface area contributed by atoms with Crippen LogP contribution in [0.2, 0.25) is 0 Å². The van der Waals surface area contributed by atoms with Gasteiger partial charge in [0.15, 0.2) is 15.6 Å². The van der Waals surface area contributed by atoms with Gasteiger partial charge in [0.05, 0.1) is 11.7 Å². The Morgan fingerprint density at radius 1 is 1.17 bits per heavy atom. The van der Waals surface area contributed by atoms with Gasteiger partial charge >= 0.3 is 0 Å². The maximum absolute atomic E-state index is 15.0. The monoisotopic (exact) mass is 591 g/mol. The molecule has 42 heavy (non-hydrogen) atoms. The van der Waals surface area contributed by atoms with Crippen LogP contribution in [-0.2, 0) is 27.5 Å². The number of sulfone groups is 1. The van der Waals surface area contributed by atoms with Gasteiger partial charge in [-0.15, -0.1) is 0 Å². The van der Waals surface area contributed by atoms with Crippen molar-refractivity contribution in [2.24, 2.45) is 0 Å². The smallest absolute Gasteiger partial charge is 0.178 e. The van der Waals surface area contributed by atoms with Crippen LogP contribution < -0.4 is 0 Å². The summed E-state index contributed by atoms with van der Waals surface area (Å²) in [5.74, 6) is -0.173. The summed E-state index contributed by atoms with van der Waals surface area (Å²) in [5.41, 5.74) is 4.47. The Kier molecular flexibility index (Phi) is 8.59. The minimum absolute atomic E-state index is 0.0493. The highest BCUT2D eigenvalue weighted by atomic mass is 32.2. The third kappa shape index (κ3) is 6.02. The van der Waals surface area contributed by atoms with Crippen LogP contribution in [0.3, 0.4) is 0 Å². The number of aromatic amines is 1. The Labute approximate surface area is 246 Å². The number of hydrogen-bond donors (Lipinski definition) is 1. The number of rotatable bonds is 9. The van der Waals surface area contributed by atoms with E-state index in [1.165, 1.54) is 12.1 Å². The van der Waals surface area contributed by atoms with Gasteiger partial charge in [-0.3, -0.25) is 9.69 Å². The number of benzene rings is 2. The highest BCUT2D eigenvalue weighted by Crippen LogP contribution is 2.32. The molecule has 2 aromatic carbocycles. The summed E-state index contributed by atoms with van der Waals surface area (Å²) < 4.78 is 39.0. The van der Waals surface area contributed by atoms with E-state index in [4.69, 9.17) is 4.98 Å². The lowest BCUT2D eigenvalue weighted by atomic mass is 9.96. The fourth-order valence-electron chi connectivity index (χ4n) is 6.12. The second-order valence-corrected chi connectivity index (χ2v) is 13.4. The van der Waals surface area contributed by atoms with Crippen molar-refractivity contribution >= 4 is 26.5 Å². The zero-order valence-corrected chi connectivity index (χ0v) is 25.6. The number of carbonyl (C=O) groups is 1. The minimum Gasteiger partial charge on any atom is -0.360 e. The van der Waals surface area contributed by atoms with Crippen molar-refractivity contribution in [3.63, 3.8) is 0 Å². The topological polar surface area (TPSA) is 99.3 Å². The Bertz CT molecular complexity index is 1740. The zero-order chi connectivity index (χ0) is 30.2. The average Bonchev–Trinajstić information content (AvgIpc) is 3.37. The number of halogens is 1. The van der Waals surface area contributed by atoms with E-state index >= 15 is 4.39 Å². The first-order valence-electron chi connectivity index (χ1n) is 14.3. The normalized spacial score (nSPS) is 17.5. The van der Waals surface area contributed by atoms with Crippen LogP contribution in [0.1, 0.15) is 42.8 Å². The van der Waals surface area contributed by atoms with Gasteiger partial charge in [0.25, 0.3) is 0 Å². The Morgan fingerprint density at radius 3 is 2.62 bits per heavy atom. The van der Waals surface area contributed by atoms with Crippen LogP contribution in [0.25, 0.3) is 22.2 Å². The number of piperazine rings is 1. The number of aryl methyl sites for hydroxylation is 1. The number of likely N-dealkylation sites (N-methyl/N-ethyl adjacent to an activating group) is 1. The van der Waals surface area contributed by atoms with E-state index in [0.29, 0.717) is 24.0 Å². The lowest BCUT2D eigenvalue weighted by molar-refractivity contribution is -0.125. The van der Waals surface area contributed by atoms with Gasteiger partial charge in [-0.2, -0.15) is 0 Å². The Balaban J connectivity index is 1.43. The van der Waals surface area contributed by atoms with Crippen LogP contribution in [-0.4, -0.2) is 84.0 Å². The number of hydrogen-bond acceptors (Lipinski definition) is 7. The SMILES string of the molecule is CC[C@H](C(=O)Cc1cccc2c(-c3nc(Cc4cccc(S(C)(=O)=O)c4F)ncc3C)c[nH]c12)N1CCN(C)C[C@H]1C. The summed E-state index contributed by atoms with van der Waals surface area (Å²) in [6.45, 7) is 8.99. The Morgan fingerprint density at radius 2 is 1.90 bits per heavy atom. The van der Waals surface area contributed by atoms with Gasteiger partial charge in [0, 0.05) is 73.6 Å². The molecule has 0 aliphatic carbocycles. The van der Waals surface area contributed by atoms with E-state index in [2.05, 4.69) is 40.7 Å². The number of H-pyrrole nitrogens is 1. The molecule has 0 bridgehead atoms. The lowest BCUT2D eigenvalue weighted by Gasteiger charge is -2.42. The maximum Gasteiger partial charge on any atom is 0.178 e. The van der Waals surface area contributed by atoms with E-state index in [9.17, 15) is 13.2 Å². The van der Waals surface area contributed by atoms with Crippen molar-refractivity contribution in [3.05, 3.63) is 77.1 Å². The summed E-state index contributed by atoms with van der Waals surface area (Å²) in [4.78, 5) is 30.5. The third-order valence-electron chi connectivity index (χ3n) is 8.28. The zero-order valence-electron chi connectivity index (χ0n) is 24.8. The van der Waals surface area contributed by atoms with E-state index in [1.807, 2.05) is 31.3 Å². The third-order valence-corrected chi connectivity index (χ3v) is 9.39. The summed E-state index contributed by atoms with van der Waals surface area (Å²) in [6, 6.07) is 10.5. The predicted octanol–water partition coefficient (Wildman–Crippen LogP) is 4.59. The molecular weight excluding hydrogens is 553 g/mol. The molecule has 2 aromatic heterocycles. The number of nitrogens with zero attached hydrogens (tertiary/aromatic N) is 4. The molecule has 1 aliphatic rings. The minimum atomic E-state index is -3.70. The Hall–Kier alpha value is -3.47. The summed E-state index contributed by atoms with van der Waals surface area (Å²) in [6.07, 6.45) is 5.74. The molecule has 222 valence electrons. The molecule has 1 aliphatic heterocycles. The molecule has 0 saturated carbocycles. The molecule has 1 fully saturated rings. The average molecular weight is 592 g/mol. The quantitative estimate of drug-likeness (QED) is 0.304. The van der Waals surface area contributed by atoms with Crippen LogP contribution in [0.4, 0.5) is 4.39 Å². The number of carbonyl (C=O) groups excluding carboxylic acids is 1. The van der Waals surface area contributed by atoms with Crippen LogP contribution in [0, 0.1) is 12.7 Å². The first-order chi connectivity index (χ1) is 20.0. The van der Waals surface area contributed by atoms with Gasteiger partial charge in [-0.25, -0.2) is 22.8 Å². The number of ketones is 1. The van der Waals surface area contributed by atoms with E-state index in [1.54, 1.807) is 12.3 Å².